The molecule has 3 aromatic carbocycles. The van der Waals surface area contributed by atoms with E-state index in [0.29, 0.717) is 0 Å². The molecule has 4 rings (SSSR count). The summed E-state index contributed by atoms with van der Waals surface area (Å²) in [4.78, 5) is 3.60. The maximum Gasteiger partial charge on any atom is 0.0544 e. The van der Waals surface area contributed by atoms with E-state index in [1.807, 2.05) is 0 Å². The summed E-state index contributed by atoms with van der Waals surface area (Å²) in [6.45, 7) is 4.35. The van der Waals surface area contributed by atoms with Crippen LogP contribution in [0.5, 0.6) is 0 Å². The van der Waals surface area contributed by atoms with Gasteiger partial charge in [0.25, 0.3) is 0 Å². The normalized spacial score (nSPS) is 11.4. The van der Waals surface area contributed by atoms with Gasteiger partial charge in [0.05, 0.1) is 5.52 Å². The maximum atomic E-state index is 3.60. The van der Waals surface area contributed by atoms with E-state index in [4.69, 9.17) is 0 Å². The number of nitrogens with one attached hydrogen (secondary N) is 1. The molecule has 108 valence electrons. The molecule has 1 heterocycles. The molecule has 22 heavy (non-hydrogen) atoms. The van der Waals surface area contributed by atoms with Crippen LogP contribution < -0.4 is 0 Å². The Bertz CT molecular complexity index is 1010. The number of hydrogen-bond donors (Lipinski definition) is 1. The van der Waals surface area contributed by atoms with Crippen LogP contribution in [-0.4, -0.2) is 4.98 Å². The highest BCUT2D eigenvalue weighted by Crippen LogP contribution is 2.35. The molecule has 1 N–H and O–H groups in total. The van der Waals surface area contributed by atoms with Gasteiger partial charge in [-0.25, -0.2) is 0 Å². The van der Waals surface area contributed by atoms with Gasteiger partial charge in [0.15, 0.2) is 0 Å². The van der Waals surface area contributed by atoms with Gasteiger partial charge < -0.3 is 4.98 Å². The smallest absolute Gasteiger partial charge is 0.0544 e. The third kappa shape index (κ3) is 2.05. The van der Waals surface area contributed by atoms with Gasteiger partial charge in [0.1, 0.15) is 0 Å². The number of H-pyrrole nitrogens is 1. The monoisotopic (exact) mass is 397 g/mol. The Kier molecular flexibility index (Phi) is 3.22. The molecule has 0 atom stereocenters. The summed E-state index contributed by atoms with van der Waals surface area (Å²) in [5.41, 5.74) is 7.69. The Balaban J connectivity index is 2.09. The van der Waals surface area contributed by atoms with Crippen molar-refractivity contribution < 1.29 is 0 Å². The van der Waals surface area contributed by atoms with Crippen molar-refractivity contribution in [2.24, 2.45) is 0 Å². The average Bonchev–Trinajstić information content (AvgIpc) is 2.90. The summed E-state index contributed by atoms with van der Waals surface area (Å²) in [7, 11) is 0. The molecule has 4 aromatic rings. The van der Waals surface area contributed by atoms with Gasteiger partial charge in [0, 0.05) is 25.4 Å². The van der Waals surface area contributed by atoms with Crippen LogP contribution >= 0.6 is 22.6 Å². The Hall–Kier alpha value is -1.81. The van der Waals surface area contributed by atoms with Crippen molar-refractivity contribution in [3.63, 3.8) is 0 Å². The van der Waals surface area contributed by atoms with E-state index < -0.39 is 0 Å². The van der Waals surface area contributed by atoms with Gasteiger partial charge in [-0.15, -0.1) is 0 Å². The molecule has 0 aliphatic rings. The second-order valence-electron chi connectivity index (χ2n) is 5.82. The summed E-state index contributed by atoms with van der Waals surface area (Å²) in [5.74, 6) is 0. The number of hydrogen-bond acceptors (Lipinski definition) is 0. The van der Waals surface area contributed by atoms with Gasteiger partial charge in [0.2, 0.25) is 0 Å². The van der Waals surface area contributed by atoms with E-state index in [9.17, 15) is 0 Å². The highest BCUT2D eigenvalue weighted by atomic mass is 127. The van der Waals surface area contributed by atoms with E-state index in [1.54, 1.807) is 0 Å². The first-order chi connectivity index (χ1) is 10.6. The molecule has 1 aromatic heterocycles. The van der Waals surface area contributed by atoms with Gasteiger partial charge in [-0.05, 0) is 65.3 Å². The van der Waals surface area contributed by atoms with Crippen LogP contribution in [0.4, 0.5) is 0 Å². The standard InChI is InChI=1S/C20H16IN/c1-12-10-17(18(21)11-13(12)2)16-8-5-7-15-14-6-3-4-9-19(14)22-20(15)16/h3-11,22H,1-2H3. The molecular formula is C20H16IN. The molecule has 0 unspecified atom stereocenters. The summed E-state index contributed by atoms with van der Waals surface area (Å²) in [5, 5.41) is 2.58. The Morgan fingerprint density at radius 2 is 1.50 bits per heavy atom. The molecule has 0 aliphatic heterocycles. The lowest BCUT2D eigenvalue weighted by Gasteiger charge is -2.10. The van der Waals surface area contributed by atoms with Crippen LogP contribution in [0.3, 0.4) is 0 Å². The maximum absolute atomic E-state index is 3.60. The largest absolute Gasteiger partial charge is 0.354 e. The zero-order chi connectivity index (χ0) is 15.3. The molecule has 2 heteroatoms. The molecule has 0 aliphatic carbocycles. The Labute approximate surface area is 143 Å². The van der Waals surface area contributed by atoms with E-state index in [-0.39, 0.29) is 0 Å². The van der Waals surface area contributed by atoms with Crippen molar-refractivity contribution >= 4 is 44.4 Å². The fraction of sp³-hybridized carbons (Fsp3) is 0.100. The highest BCUT2D eigenvalue weighted by Gasteiger charge is 2.12. The van der Waals surface area contributed by atoms with Crippen LogP contribution in [0.2, 0.25) is 0 Å². The number of rotatable bonds is 1. The number of aromatic amines is 1. The number of aryl methyl sites for hydroxylation is 2. The highest BCUT2D eigenvalue weighted by molar-refractivity contribution is 14.1. The first kappa shape index (κ1) is 13.8. The lowest BCUT2D eigenvalue weighted by atomic mass is 9.98. The molecule has 0 radical (unpaired) electrons. The minimum atomic E-state index is 1.20. The third-order valence-corrected chi connectivity index (χ3v) is 5.31. The molecule has 1 nitrogen and oxygen atoms in total. The van der Waals surface area contributed by atoms with Crippen molar-refractivity contribution in [1.82, 2.24) is 4.98 Å². The molecule has 0 spiro atoms. The van der Waals surface area contributed by atoms with Crippen molar-refractivity contribution in [3.8, 4) is 11.1 Å². The van der Waals surface area contributed by atoms with Gasteiger partial charge >= 0.3 is 0 Å². The number of aromatic nitrogens is 1. The van der Waals surface area contributed by atoms with E-state index in [2.05, 4.69) is 96.0 Å². The van der Waals surface area contributed by atoms with E-state index >= 15 is 0 Å². The third-order valence-electron chi connectivity index (χ3n) is 4.41. The van der Waals surface area contributed by atoms with Crippen LogP contribution in [0, 0.1) is 17.4 Å². The number of fused-ring (bicyclic) bond motifs is 3. The molecule has 0 fully saturated rings. The van der Waals surface area contributed by atoms with Crippen LogP contribution in [0.1, 0.15) is 11.1 Å². The molecule has 0 saturated carbocycles. The van der Waals surface area contributed by atoms with Gasteiger partial charge in [-0.2, -0.15) is 0 Å². The van der Waals surface area contributed by atoms with Crippen molar-refractivity contribution in [2.75, 3.05) is 0 Å². The lowest BCUT2D eigenvalue weighted by molar-refractivity contribution is 1.33. The van der Waals surface area contributed by atoms with Crippen LogP contribution in [0.15, 0.2) is 54.6 Å². The molecule has 0 amide bonds. The Morgan fingerprint density at radius 1 is 0.773 bits per heavy atom. The van der Waals surface area contributed by atoms with Gasteiger partial charge in [-0.1, -0.05) is 42.5 Å². The summed E-state index contributed by atoms with van der Waals surface area (Å²) in [6.07, 6.45) is 0. The number of halogens is 1. The number of para-hydroxylation sites is 2. The summed E-state index contributed by atoms with van der Waals surface area (Å²) in [6, 6.07) is 19.6. The summed E-state index contributed by atoms with van der Waals surface area (Å²) >= 11 is 2.44. The Morgan fingerprint density at radius 3 is 2.36 bits per heavy atom. The quantitative estimate of drug-likeness (QED) is 0.368. The lowest BCUT2D eigenvalue weighted by Crippen LogP contribution is -1.89. The van der Waals surface area contributed by atoms with Gasteiger partial charge in [-0.3, -0.25) is 0 Å². The molecular weight excluding hydrogens is 381 g/mol. The van der Waals surface area contributed by atoms with Crippen LogP contribution in [0.25, 0.3) is 32.9 Å². The predicted octanol–water partition coefficient (Wildman–Crippen LogP) is 6.21. The molecule has 0 bridgehead atoms. The fourth-order valence-corrected chi connectivity index (χ4v) is 4.00. The second-order valence-corrected chi connectivity index (χ2v) is 6.98. The SMILES string of the molecule is Cc1cc(I)c(-c2cccc3c2[nH]c2ccccc23)cc1C. The molecule has 0 saturated heterocycles. The minimum absolute atomic E-state index is 1.20. The topological polar surface area (TPSA) is 15.8 Å². The van der Waals surface area contributed by atoms with E-state index in [1.165, 1.54) is 47.6 Å². The van der Waals surface area contributed by atoms with Crippen molar-refractivity contribution in [3.05, 3.63) is 69.3 Å². The second kappa shape index (κ2) is 5.13. The minimum Gasteiger partial charge on any atom is -0.354 e. The predicted molar refractivity (Wildman–Crippen MR) is 103 cm³/mol. The van der Waals surface area contributed by atoms with Crippen molar-refractivity contribution in [2.45, 2.75) is 13.8 Å². The zero-order valence-electron chi connectivity index (χ0n) is 12.6. The van der Waals surface area contributed by atoms with Crippen molar-refractivity contribution in [1.29, 1.82) is 0 Å². The first-order valence-corrected chi connectivity index (χ1v) is 8.49. The fourth-order valence-electron chi connectivity index (χ4n) is 3.08. The number of benzene rings is 3. The average molecular weight is 397 g/mol. The first-order valence-electron chi connectivity index (χ1n) is 7.42. The van der Waals surface area contributed by atoms with Crippen LogP contribution in [-0.2, 0) is 0 Å². The van der Waals surface area contributed by atoms with E-state index in [0.717, 1.165) is 0 Å². The zero-order valence-corrected chi connectivity index (χ0v) is 14.7. The summed E-state index contributed by atoms with van der Waals surface area (Å²) < 4.78 is 1.30.